The first-order chi connectivity index (χ1) is 15.2. The minimum absolute atomic E-state index is 0.178. The van der Waals surface area contributed by atoms with Gasteiger partial charge in [0, 0.05) is 38.3 Å². The van der Waals surface area contributed by atoms with Crippen LogP contribution in [0.5, 0.6) is 5.75 Å². The van der Waals surface area contributed by atoms with E-state index in [1.165, 1.54) is 17.5 Å². The van der Waals surface area contributed by atoms with Crippen molar-refractivity contribution in [3.63, 3.8) is 0 Å². The van der Waals surface area contributed by atoms with E-state index in [0.29, 0.717) is 5.92 Å². The van der Waals surface area contributed by atoms with Crippen LogP contribution in [-0.4, -0.2) is 62.2 Å². The van der Waals surface area contributed by atoms with Crippen LogP contribution >= 0.6 is 0 Å². The second-order valence-corrected chi connectivity index (χ2v) is 8.71. The topological polar surface area (TPSA) is 42.0 Å². The van der Waals surface area contributed by atoms with Crippen molar-refractivity contribution in [3.05, 3.63) is 65.2 Å². The number of nitrogens with zero attached hydrogens (tertiary/aromatic N) is 2. The van der Waals surface area contributed by atoms with Crippen molar-refractivity contribution in [1.29, 1.82) is 0 Å². The number of methoxy groups -OCH3 is 1. The van der Waals surface area contributed by atoms with E-state index in [0.717, 1.165) is 76.5 Å². The van der Waals surface area contributed by atoms with Gasteiger partial charge in [-0.15, -0.1) is 0 Å². The first kappa shape index (κ1) is 21.8. The molecular formula is C26H34N2O3. The lowest BCUT2D eigenvalue weighted by atomic mass is 9.90. The Labute approximate surface area is 185 Å². The average molecular weight is 423 g/mol. The molecule has 2 heterocycles. The number of morpholine rings is 1. The van der Waals surface area contributed by atoms with Gasteiger partial charge in [0.15, 0.2) is 0 Å². The first-order valence-electron chi connectivity index (χ1n) is 11.5. The van der Waals surface area contributed by atoms with Crippen molar-refractivity contribution in [2.45, 2.75) is 32.2 Å². The van der Waals surface area contributed by atoms with Gasteiger partial charge < -0.3 is 14.4 Å². The Morgan fingerprint density at radius 1 is 1.00 bits per heavy atom. The minimum atomic E-state index is 0.178. The van der Waals surface area contributed by atoms with Crippen LogP contribution in [0.3, 0.4) is 0 Å². The van der Waals surface area contributed by atoms with Gasteiger partial charge in [0.2, 0.25) is 0 Å². The Morgan fingerprint density at radius 2 is 1.74 bits per heavy atom. The molecule has 0 bridgehead atoms. The number of benzene rings is 2. The van der Waals surface area contributed by atoms with Crippen LogP contribution in [0.1, 0.15) is 40.7 Å². The molecule has 2 saturated heterocycles. The highest BCUT2D eigenvalue weighted by atomic mass is 16.5. The smallest absolute Gasteiger partial charge is 0.253 e. The fourth-order valence-corrected chi connectivity index (χ4v) is 4.59. The number of ether oxygens (including phenoxy) is 2. The van der Waals surface area contributed by atoms with Crippen molar-refractivity contribution in [2.24, 2.45) is 5.92 Å². The number of hydrogen-bond acceptors (Lipinski definition) is 4. The van der Waals surface area contributed by atoms with Crippen molar-refractivity contribution in [1.82, 2.24) is 9.80 Å². The Kier molecular flexibility index (Phi) is 7.60. The molecule has 0 atom stereocenters. The number of amides is 1. The lowest BCUT2D eigenvalue weighted by Crippen LogP contribution is -2.38. The lowest BCUT2D eigenvalue weighted by molar-refractivity contribution is 0.0341. The van der Waals surface area contributed by atoms with Crippen LogP contribution in [0.25, 0.3) is 0 Å². The van der Waals surface area contributed by atoms with Crippen LogP contribution in [0.2, 0.25) is 0 Å². The molecule has 0 aromatic heterocycles. The average Bonchev–Trinajstić information content (AvgIpc) is 2.84. The summed E-state index contributed by atoms with van der Waals surface area (Å²) in [6.45, 7) is 6.13. The lowest BCUT2D eigenvalue weighted by Gasteiger charge is -2.32. The van der Waals surface area contributed by atoms with E-state index in [-0.39, 0.29) is 5.91 Å². The van der Waals surface area contributed by atoms with Gasteiger partial charge in [-0.25, -0.2) is 0 Å². The summed E-state index contributed by atoms with van der Waals surface area (Å²) in [5.74, 6) is 1.78. The van der Waals surface area contributed by atoms with Gasteiger partial charge in [-0.1, -0.05) is 24.3 Å². The summed E-state index contributed by atoms with van der Waals surface area (Å²) in [4.78, 5) is 17.5. The molecule has 2 aliphatic rings. The van der Waals surface area contributed by atoms with Gasteiger partial charge in [-0.2, -0.15) is 0 Å². The summed E-state index contributed by atoms with van der Waals surface area (Å²) < 4.78 is 10.7. The molecule has 0 N–H and O–H groups in total. The van der Waals surface area contributed by atoms with E-state index < -0.39 is 0 Å². The maximum absolute atomic E-state index is 13.1. The summed E-state index contributed by atoms with van der Waals surface area (Å²) in [7, 11) is 1.70. The van der Waals surface area contributed by atoms with E-state index in [4.69, 9.17) is 9.47 Å². The zero-order valence-electron chi connectivity index (χ0n) is 18.6. The highest BCUT2D eigenvalue weighted by molar-refractivity contribution is 5.94. The summed E-state index contributed by atoms with van der Waals surface area (Å²) >= 11 is 0. The molecule has 0 saturated carbocycles. The zero-order valence-corrected chi connectivity index (χ0v) is 18.6. The van der Waals surface area contributed by atoms with Crippen LogP contribution in [-0.2, 0) is 17.7 Å². The van der Waals surface area contributed by atoms with Gasteiger partial charge in [0.1, 0.15) is 5.75 Å². The third kappa shape index (κ3) is 6.08. The molecule has 0 unspecified atom stereocenters. The van der Waals surface area contributed by atoms with E-state index in [1.54, 1.807) is 7.11 Å². The Bertz CT molecular complexity index is 838. The molecule has 2 aromatic rings. The SMILES string of the molecule is COc1ccc(CCC2CCN(C(=O)c3cccc(CN4CCOCC4)c3)CC2)cc1. The summed E-state index contributed by atoms with van der Waals surface area (Å²) in [5.41, 5.74) is 3.39. The highest BCUT2D eigenvalue weighted by Gasteiger charge is 2.24. The zero-order chi connectivity index (χ0) is 21.5. The number of piperidine rings is 1. The summed E-state index contributed by atoms with van der Waals surface area (Å²) in [6, 6.07) is 16.5. The van der Waals surface area contributed by atoms with E-state index in [1.807, 2.05) is 29.2 Å². The fraction of sp³-hybridized carbons (Fsp3) is 0.500. The molecule has 5 nitrogen and oxygen atoms in total. The van der Waals surface area contributed by atoms with E-state index in [2.05, 4.69) is 29.2 Å². The number of carbonyl (C=O) groups is 1. The van der Waals surface area contributed by atoms with Crippen molar-refractivity contribution < 1.29 is 14.3 Å². The second kappa shape index (κ2) is 10.8. The number of rotatable bonds is 7. The third-order valence-electron chi connectivity index (χ3n) is 6.59. The van der Waals surface area contributed by atoms with Crippen LogP contribution in [0.15, 0.2) is 48.5 Å². The number of carbonyl (C=O) groups excluding carboxylic acids is 1. The van der Waals surface area contributed by atoms with E-state index in [9.17, 15) is 4.79 Å². The first-order valence-corrected chi connectivity index (χ1v) is 11.5. The standard InChI is InChI=1S/C26H34N2O3/c1-30-25-9-7-21(8-10-25)5-6-22-11-13-28(14-12-22)26(29)24-4-2-3-23(19-24)20-27-15-17-31-18-16-27/h2-4,7-10,19,22H,5-6,11-18,20H2,1H3. The predicted octanol–water partition coefficient (Wildman–Crippen LogP) is 4.01. The molecule has 2 aromatic carbocycles. The minimum Gasteiger partial charge on any atom is -0.497 e. The van der Waals surface area contributed by atoms with Gasteiger partial charge >= 0.3 is 0 Å². The van der Waals surface area contributed by atoms with Crippen molar-refractivity contribution >= 4 is 5.91 Å². The molecule has 1 amide bonds. The largest absolute Gasteiger partial charge is 0.497 e. The highest BCUT2D eigenvalue weighted by Crippen LogP contribution is 2.24. The second-order valence-electron chi connectivity index (χ2n) is 8.71. The van der Waals surface area contributed by atoms with Gasteiger partial charge in [-0.05, 0) is 67.0 Å². The molecular weight excluding hydrogens is 388 g/mol. The Morgan fingerprint density at radius 3 is 2.45 bits per heavy atom. The maximum atomic E-state index is 13.1. The van der Waals surface area contributed by atoms with Gasteiger partial charge in [0.25, 0.3) is 5.91 Å². The molecule has 0 spiro atoms. The Hall–Kier alpha value is -2.37. The van der Waals surface area contributed by atoms with Gasteiger partial charge in [0.05, 0.1) is 20.3 Å². The Balaban J connectivity index is 1.25. The molecule has 2 aliphatic heterocycles. The number of hydrogen-bond donors (Lipinski definition) is 0. The summed E-state index contributed by atoms with van der Waals surface area (Å²) in [6.07, 6.45) is 4.46. The summed E-state index contributed by atoms with van der Waals surface area (Å²) in [5, 5.41) is 0. The van der Waals surface area contributed by atoms with Crippen LogP contribution < -0.4 is 4.74 Å². The van der Waals surface area contributed by atoms with Crippen molar-refractivity contribution in [3.8, 4) is 5.75 Å². The fourth-order valence-electron chi connectivity index (χ4n) is 4.59. The molecule has 166 valence electrons. The molecule has 0 aliphatic carbocycles. The number of likely N-dealkylation sites (tertiary alicyclic amines) is 1. The van der Waals surface area contributed by atoms with Crippen LogP contribution in [0.4, 0.5) is 0 Å². The number of aryl methyl sites for hydroxylation is 1. The molecule has 2 fully saturated rings. The molecule has 31 heavy (non-hydrogen) atoms. The normalized spacial score (nSPS) is 18.2. The maximum Gasteiger partial charge on any atom is 0.253 e. The molecule has 5 heteroatoms. The monoisotopic (exact) mass is 422 g/mol. The third-order valence-corrected chi connectivity index (χ3v) is 6.59. The van der Waals surface area contributed by atoms with E-state index >= 15 is 0 Å². The van der Waals surface area contributed by atoms with Crippen LogP contribution in [0, 0.1) is 5.92 Å². The molecule has 4 rings (SSSR count). The quantitative estimate of drug-likeness (QED) is 0.676. The molecule has 0 radical (unpaired) electrons. The predicted molar refractivity (Wildman–Crippen MR) is 122 cm³/mol. The van der Waals surface area contributed by atoms with Crippen molar-refractivity contribution in [2.75, 3.05) is 46.5 Å². The van der Waals surface area contributed by atoms with Gasteiger partial charge in [-0.3, -0.25) is 9.69 Å².